The second-order valence-electron chi connectivity index (χ2n) is 7.42. The molecule has 28 heavy (non-hydrogen) atoms. The standard InChI is InChI=1S/C24H29N3O/c1-19(8-6-11-21-9-4-3-5-10-21)24(28)26-17-22-12-7-13-23(16-22)18-27-15-14-25-20(27)2/h3-5,7,9-10,12-16,19H,6,8,11,17-18H2,1-2H3,(H,26,28)/t19-/m0/s1. The van der Waals surface area contributed by atoms with Gasteiger partial charge in [-0.3, -0.25) is 4.79 Å². The van der Waals surface area contributed by atoms with Crippen molar-refractivity contribution >= 4 is 5.91 Å². The topological polar surface area (TPSA) is 46.9 Å². The minimum absolute atomic E-state index is 0.0282. The Kier molecular flexibility index (Phi) is 7.01. The summed E-state index contributed by atoms with van der Waals surface area (Å²) in [6.07, 6.45) is 6.76. The van der Waals surface area contributed by atoms with E-state index >= 15 is 0 Å². The van der Waals surface area contributed by atoms with Gasteiger partial charge in [-0.2, -0.15) is 0 Å². The molecule has 1 amide bonds. The molecule has 0 saturated heterocycles. The Bertz CT molecular complexity index is 886. The quantitative estimate of drug-likeness (QED) is 0.598. The average Bonchev–Trinajstić information content (AvgIpc) is 3.11. The molecule has 0 bridgehead atoms. The third-order valence-electron chi connectivity index (χ3n) is 5.13. The van der Waals surface area contributed by atoms with Gasteiger partial charge >= 0.3 is 0 Å². The molecule has 1 atom stereocenters. The third-order valence-corrected chi connectivity index (χ3v) is 5.13. The van der Waals surface area contributed by atoms with Crippen molar-refractivity contribution in [3.05, 3.63) is 89.5 Å². The van der Waals surface area contributed by atoms with Crippen LogP contribution in [0.3, 0.4) is 0 Å². The summed E-state index contributed by atoms with van der Waals surface area (Å²) in [6.45, 7) is 5.38. The van der Waals surface area contributed by atoms with Crippen LogP contribution in [0.2, 0.25) is 0 Å². The lowest BCUT2D eigenvalue weighted by atomic mass is 10.0. The lowest BCUT2D eigenvalue weighted by Gasteiger charge is -2.13. The first-order chi connectivity index (χ1) is 13.6. The molecule has 3 rings (SSSR count). The number of carbonyl (C=O) groups is 1. The van der Waals surface area contributed by atoms with Crippen LogP contribution in [-0.2, 0) is 24.3 Å². The predicted molar refractivity (Wildman–Crippen MR) is 113 cm³/mol. The largest absolute Gasteiger partial charge is 0.352 e. The number of benzene rings is 2. The van der Waals surface area contributed by atoms with E-state index in [4.69, 9.17) is 0 Å². The molecule has 1 heterocycles. The summed E-state index contributed by atoms with van der Waals surface area (Å²) in [5, 5.41) is 3.09. The Hall–Kier alpha value is -2.88. The highest BCUT2D eigenvalue weighted by atomic mass is 16.1. The molecule has 4 nitrogen and oxygen atoms in total. The number of amides is 1. The second-order valence-corrected chi connectivity index (χ2v) is 7.42. The van der Waals surface area contributed by atoms with Gasteiger partial charge in [-0.1, -0.05) is 61.5 Å². The Morgan fingerprint density at radius 2 is 1.82 bits per heavy atom. The fourth-order valence-corrected chi connectivity index (χ4v) is 3.36. The van der Waals surface area contributed by atoms with E-state index in [1.54, 1.807) is 0 Å². The molecule has 0 fully saturated rings. The summed E-state index contributed by atoms with van der Waals surface area (Å²) in [5.74, 6) is 1.16. The molecular weight excluding hydrogens is 346 g/mol. The number of hydrogen-bond acceptors (Lipinski definition) is 2. The van der Waals surface area contributed by atoms with Crippen LogP contribution < -0.4 is 5.32 Å². The number of nitrogens with zero attached hydrogens (tertiary/aromatic N) is 2. The Balaban J connectivity index is 1.44. The summed E-state index contributed by atoms with van der Waals surface area (Å²) in [7, 11) is 0. The summed E-state index contributed by atoms with van der Waals surface area (Å²) in [4.78, 5) is 16.7. The lowest BCUT2D eigenvalue weighted by Crippen LogP contribution is -2.28. The highest BCUT2D eigenvalue weighted by molar-refractivity contribution is 5.78. The van der Waals surface area contributed by atoms with Crippen LogP contribution in [0.5, 0.6) is 0 Å². The van der Waals surface area contributed by atoms with Gasteiger partial charge in [0.1, 0.15) is 5.82 Å². The van der Waals surface area contributed by atoms with Crippen molar-refractivity contribution in [2.24, 2.45) is 5.92 Å². The normalized spacial score (nSPS) is 11.9. The van der Waals surface area contributed by atoms with Gasteiger partial charge in [0.2, 0.25) is 5.91 Å². The first-order valence-corrected chi connectivity index (χ1v) is 9.99. The summed E-state index contributed by atoms with van der Waals surface area (Å²) in [5.41, 5.74) is 3.67. The fraction of sp³-hybridized carbons (Fsp3) is 0.333. The van der Waals surface area contributed by atoms with Crippen LogP contribution in [0.1, 0.15) is 42.3 Å². The van der Waals surface area contributed by atoms with Gasteiger partial charge in [-0.05, 0) is 42.9 Å². The zero-order valence-electron chi connectivity index (χ0n) is 16.8. The van der Waals surface area contributed by atoms with Crippen molar-refractivity contribution in [3.63, 3.8) is 0 Å². The molecule has 0 aliphatic rings. The summed E-state index contributed by atoms with van der Waals surface area (Å²) in [6, 6.07) is 18.8. The molecule has 4 heteroatoms. The Labute approximate surface area is 167 Å². The van der Waals surface area contributed by atoms with E-state index in [2.05, 4.69) is 57.3 Å². The zero-order chi connectivity index (χ0) is 19.8. The molecule has 0 aliphatic heterocycles. The zero-order valence-corrected chi connectivity index (χ0v) is 16.8. The van der Waals surface area contributed by atoms with Crippen LogP contribution in [-0.4, -0.2) is 15.5 Å². The van der Waals surface area contributed by atoms with Crippen molar-refractivity contribution in [2.45, 2.75) is 46.2 Å². The van der Waals surface area contributed by atoms with E-state index in [-0.39, 0.29) is 11.8 Å². The molecule has 1 N–H and O–H groups in total. The first-order valence-electron chi connectivity index (χ1n) is 9.99. The maximum atomic E-state index is 12.4. The number of rotatable bonds is 9. The molecule has 146 valence electrons. The van der Waals surface area contributed by atoms with Gasteiger partial charge < -0.3 is 9.88 Å². The molecule has 0 saturated carbocycles. The van der Waals surface area contributed by atoms with Crippen molar-refractivity contribution < 1.29 is 4.79 Å². The van der Waals surface area contributed by atoms with Crippen LogP contribution in [0.25, 0.3) is 0 Å². The van der Waals surface area contributed by atoms with Crippen molar-refractivity contribution in [2.75, 3.05) is 0 Å². The van der Waals surface area contributed by atoms with Crippen LogP contribution in [0, 0.1) is 12.8 Å². The van der Waals surface area contributed by atoms with Gasteiger partial charge in [0.15, 0.2) is 0 Å². The number of nitrogens with one attached hydrogen (secondary N) is 1. The maximum absolute atomic E-state index is 12.4. The van der Waals surface area contributed by atoms with Crippen LogP contribution in [0.15, 0.2) is 67.0 Å². The average molecular weight is 376 g/mol. The molecule has 0 radical (unpaired) electrons. The number of aromatic nitrogens is 2. The van der Waals surface area contributed by atoms with Crippen LogP contribution in [0.4, 0.5) is 0 Å². The molecule has 1 aromatic heterocycles. The number of imidazole rings is 1. The van der Waals surface area contributed by atoms with E-state index in [0.717, 1.165) is 37.2 Å². The minimum atomic E-state index is 0.0282. The van der Waals surface area contributed by atoms with Crippen molar-refractivity contribution in [1.29, 1.82) is 0 Å². The number of hydrogen-bond donors (Lipinski definition) is 1. The van der Waals surface area contributed by atoms with E-state index in [9.17, 15) is 4.79 Å². The monoisotopic (exact) mass is 375 g/mol. The highest BCUT2D eigenvalue weighted by Crippen LogP contribution is 2.12. The number of carbonyl (C=O) groups excluding carboxylic acids is 1. The van der Waals surface area contributed by atoms with Gasteiger partial charge in [0.05, 0.1) is 0 Å². The second kappa shape index (κ2) is 9.88. The lowest BCUT2D eigenvalue weighted by molar-refractivity contribution is -0.124. The number of aryl methyl sites for hydroxylation is 2. The van der Waals surface area contributed by atoms with Gasteiger partial charge in [-0.25, -0.2) is 4.98 Å². The Morgan fingerprint density at radius 3 is 2.57 bits per heavy atom. The first kappa shape index (κ1) is 19.9. The highest BCUT2D eigenvalue weighted by Gasteiger charge is 2.12. The molecule has 3 aromatic rings. The maximum Gasteiger partial charge on any atom is 0.223 e. The molecule has 0 spiro atoms. The molecular formula is C24H29N3O. The van der Waals surface area contributed by atoms with E-state index in [1.165, 1.54) is 11.1 Å². The van der Waals surface area contributed by atoms with Gasteiger partial charge in [-0.15, -0.1) is 0 Å². The predicted octanol–water partition coefficient (Wildman–Crippen LogP) is 4.52. The minimum Gasteiger partial charge on any atom is -0.352 e. The molecule has 0 aliphatic carbocycles. The summed E-state index contributed by atoms with van der Waals surface area (Å²) < 4.78 is 2.12. The Morgan fingerprint density at radius 1 is 1.07 bits per heavy atom. The smallest absolute Gasteiger partial charge is 0.223 e. The third kappa shape index (κ3) is 5.81. The summed E-state index contributed by atoms with van der Waals surface area (Å²) >= 11 is 0. The fourth-order valence-electron chi connectivity index (χ4n) is 3.36. The van der Waals surface area contributed by atoms with Gasteiger partial charge in [0.25, 0.3) is 0 Å². The van der Waals surface area contributed by atoms with Crippen molar-refractivity contribution in [1.82, 2.24) is 14.9 Å². The SMILES string of the molecule is Cc1nccn1Cc1cccc(CNC(=O)[C@@H](C)CCCc2ccccc2)c1. The van der Waals surface area contributed by atoms with E-state index in [1.807, 2.05) is 38.4 Å². The van der Waals surface area contributed by atoms with Crippen LogP contribution >= 0.6 is 0 Å². The molecule has 0 unspecified atom stereocenters. The molecule has 2 aromatic carbocycles. The van der Waals surface area contributed by atoms with Crippen molar-refractivity contribution in [3.8, 4) is 0 Å². The van der Waals surface area contributed by atoms with Gasteiger partial charge in [0, 0.05) is 31.4 Å². The van der Waals surface area contributed by atoms with E-state index in [0.29, 0.717) is 6.54 Å². The van der Waals surface area contributed by atoms with E-state index < -0.39 is 0 Å².